The predicted octanol–water partition coefficient (Wildman–Crippen LogP) is -0.491. The fraction of sp³-hybridized carbons (Fsp3) is 0.750. The number of carbonyl (C=O) groups is 1. The van der Waals surface area contributed by atoms with Crippen molar-refractivity contribution < 1.29 is 14.6 Å². The minimum atomic E-state index is -0.507. The maximum atomic E-state index is 10.0. The standard InChI is InChI=1S/C4H8O3.K/c1-2-4(6)7-3-5;/h5H,2-3H2,1H3;. The minimum Gasteiger partial charge on any atom is -0.439 e. The zero-order valence-electron chi connectivity index (χ0n) is 5.18. The molecule has 0 saturated heterocycles. The van der Waals surface area contributed by atoms with Crippen LogP contribution in [0, 0.1) is 0 Å². The van der Waals surface area contributed by atoms with E-state index in [2.05, 4.69) is 4.74 Å². The van der Waals surface area contributed by atoms with Crippen molar-refractivity contribution in [1.29, 1.82) is 0 Å². The Bertz CT molecular complexity index is 64.3. The number of rotatable bonds is 2. The minimum absolute atomic E-state index is 0. The molecule has 8 heavy (non-hydrogen) atoms. The van der Waals surface area contributed by atoms with Crippen LogP contribution < -0.4 is 0 Å². The van der Waals surface area contributed by atoms with Crippen LogP contribution >= 0.6 is 0 Å². The first-order valence-corrected chi connectivity index (χ1v) is 2.07. The van der Waals surface area contributed by atoms with Crippen molar-refractivity contribution in [3.63, 3.8) is 0 Å². The van der Waals surface area contributed by atoms with Crippen molar-refractivity contribution >= 4 is 57.4 Å². The van der Waals surface area contributed by atoms with Crippen molar-refractivity contribution in [2.24, 2.45) is 0 Å². The van der Waals surface area contributed by atoms with Crippen LogP contribution in [0.1, 0.15) is 13.3 Å². The van der Waals surface area contributed by atoms with Crippen LogP contribution in [0.15, 0.2) is 0 Å². The summed E-state index contributed by atoms with van der Waals surface area (Å²) in [6.07, 6.45) is 0.320. The SMILES string of the molecule is CCC(=O)OCO.[K]. The molecule has 0 aromatic carbocycles. The third-order valence-electron chi connectivity index (χ3n) is 0.514. The van der Waals surface area contributed by atoms with Gasteiger partial charge in [-0.05, 0) is 0 Å². The van der Waals surface area contributed by atoms with Gasteiger partial charge in [-0.2, -0.15) is 0 Å². The number of carbonyl (C=O) groups excluding carboxylic acids is 1. The van der Waals surface area contributed by atoms with E-state index in [1.165, 1.54) is 0 Å². The second kappa shape index (κ2) is 8.07. The van der Waals surface area contributed by atoms with Gasteiger partial charge in [-0.15, -0.1) is 0 Å². The monoisotopic (exact) mass is 143 g/mol. The Morgan fingerprint density at radius 2 is 2.25 bits per heavy atom. The summed E-state index contributed by atoms with van der Waals surface area (Å²) in [6.45, 7) is 1.16. The molecule has 4 heteroatoms. The van der Waals surface area contributed by atoms with E-state index in [0.717, 1.165) is 0 Å². The van der Waals surface area contributed by atoms with Gasteiger partial charge in [0, 0.05) is 57.8 Å². The largest absolute Gasteiger partial charge is 0.439 e. The molecule has 0 amide bonds. The van der Waals surface area contributed by atoms with Crippen molar-refractivity contribution in [2.75, 3.05) is 6.79 Å². The second-order valence-corrected chi connectivity index (χ2v) is 0.999. The van der Waals surface area contributed by atoms with E-state index in [4.69, 9.17) is 5.11 Å². The van der Waals surface area contributed by atoms with Crippen molar-refractivity contribution in [3.05, 3.63) is 0 Å². The molecule has 0 aliphatic heterocycles. The van der Waals surface area contributed by atoms with Gasteiger partial charge in [0.05, 0.1) is 0 Å². The molecule has 0 atom stereocenters. The molecule has 1 N–H and O–H groups in total. The average Bonchev–Trinajstić information content (AvgIpc) is 1.68. The molecule has 0 aliphatic carbocycles. The van der Waals surface area contributed by atoms with Crippen molar-refractivity contribution in [3.8, 4) is 0 Å². The Morgan fingerprint density at radius 1 is 1.75 bits per heavy atom. The van der Waals surface area contributed by atoms with Gasteiger partial charge in [0.15, 0.2) is 6.79 Å². The average molecular weight is 143 g/mol. The summed E-state index contributed by atoms with van der Waals surface area (Å²) in [5.41, 5.74) is 0. The fourth-order valence-electron chi connectivity index (χ4n) is 0.174. The number of aliphatic hydroxyl groups excluding tert-OH is 1. The van der Waals surface area contributed by atoms with Gasteiger partial charge in [0.1, 0.15) is 0 Å². The molecule has 0 aromatic heterocycles. The number of hydrogen-bond acceptors (Lipinski definition) is 3. The topological polar surface area (TPSA) is 46.5 Å². The summed E-state index contributed by atoms with van der Waals surface area (Å²) >= 11 is 0. The molecule has 0 unspecified atom stereocenters. The molecule has 0 saturated carbocycles. The quantitative estimate of drug-likeness (QED) is 0.322. The molecule has 3 nitrogen and oxygen atoms in total. The third-order valence-corrected chi connectivity index (χ3v) is 0.514. The van der Waals surface area contributed by atoms with E-state index in [1.54, 1.807) is 6.92 Å². The maximum Gasteiger partial charge on any atom is 0.307 e. The molecule has 0 bridgehead atoms. The van der Waals surface area contributed by atoms with Crippen LogP contribution in [0.4, 0.5) is 0 Å². The van der Waals surface area contributed by atoms with Crippen LogP contribution in [-0.2, 0) is 9.53 Å². The van der Waals surface area contributed by atoms with E-state index in [-0.39, 0.29) is 57.4 Å². The summed E-state index contributed by atoms with van der Waals surface area (Å²) in [6, 6.07) is 0. The predicted molar refractivity (Wildman–Crippen MR) is 29.2 cm³/mol. The Kier molecular flexibility index (Phi) is 11.9. The van der Waals surface area contributed by atoms with Crippen LogP contribution in [-0.4, -0.2) is 69.3 Å². The Labute approximate surface area is 90.8 Å². The number of aliphatic hydroxyl groups is 1. The van der Waals surface area contributed by atoms with Crippen LogP contribution in [0.5, 0.6) is 0 Å². The molecular formula is C4H8KO3. The summed E-state index contributed by atoms with van der Waals surface area (Å²) in [5, 5.41) is 7.92. The van der Waals surface area contributed by atoms with Gasteiger partial charge < -0.3 is 9.84 Å². The number of ether oxygens (including phenoxy) is 1. The summed E-state index contributed by atoms with van der Waals surface area (Å²) in [7, 11) is 0. The Balaban J connectivity index is 0. The van der Waals surface area contributed by atoms with E-state index < -0.39 is 6.79 Å². The smallest absolute Gasteiger partial charge is 0.307 e. The molecule has 43 valence electrons. The van der Waals surface area contributed by atoms with Gasteiger partial charge in [0.2, 0.25) is 0 Å². The zero-order valence-corrected chi connectivity index (χ0v) is 8.30. The van der Waals surface area contributed by atoms with E-state index in [9.17, 15) is 4.79 Å². The van der Waals surface area contributed by atoms with E-state index in [1.807, 2.05) is 0 Å². The molecule has 0 aromatic rings. The van der Waals surface area contributed by atoms with E-state index in [0.29, 0.717) is 6.42 Å². The van der Waals surface area contributed by atoms with Crippen LogP contribution in [0.2, 0.25) is 0 Å². The fourth-order valence-corrected chi connectivity index (χ4v) is 0.174. The van der Waals surface area contributed by atoms with Gasteiger partial charge in [0.25, 0.3) is 0 Å². The molecule has 0 aliphatic rings. The van der Waals surface area contributed by atoms with Crippen molar-refractivity contribution in [1.82, 2.24) is 0 Å². The first kappa shape index (κ1) is 11.8. The normalized spacial score (nSPS) is 7.25. The first-order valence-electron chi connectivity index (χ1n) is 2.07. The van der Waals surface area contributed by atoms with Gasteiger partial charge >= 0.3 is 5.97 Å². The van der Waals surface area contributed by atoms with Crippen LogP contribution in [0.3, 0.4) is 0 Å². The van der Waals surface area contributed by atoms with Gasteiger partial charge in [-0.25, -0.2) is 0 Å². The number of hydrogen-bond donors (Lipinski definition) is 1. The van der Waals surface area contributed by atoms with Crippen LogP contribution in [0.25, 0.3) is 0 Å². The summed E-state index contributed by atoms with van der Waals surface area (Å²) in [5.74, 6) is -0.373. The Morgan fingerprint density at radius 3 is 2.38 bits per heavy atom. The second-order valence-electron chi connectivity index (χ2n) is 0.999. The first-order chi connectivity index (χ1) is 3.31. The Hall–Kier alpha value is 1.07. The maximum absolute atomic E-state index is 10.0. The molecule has 0 rings (SSSR count). The summed E-state index contributed by atoms with van der Waals surface area (Å²) < 4.78 is 4.11. The molecule has 0 heterocycles. The molecular weight excluding hydrogens is 135 g/mol. The zero-order chi connectivity index (χ0) is 5.70. The van der Waals surface area contributed by atoms with Gasteiger partial charge in [-0.3, -0.25) is 4.79 Å². The third kappa shape index (κ3) is 7.07. The van der Waals surface area contributed by atoms with Crippen molar-refractivity contribution in [2.45, 2.75) is 13.3 Å². The molecule has 0 fully saturated rings. The molecule has 1 radical (unpaired) electrons. The van der Waals surface area contributed by atoms with Gasteiger partial charge in [-0.1, -0.05) is 6.92 Å². The summed E-state index contributed by atoms with van der Waals surface area (Å²) in [4.78, 5) is 10.0. The number of esters is 1. The van der Waals surface area contributed by atoms with E-state index >= 15 is 0 Å². The molecule has 0 spiro atoms.